The summed E-state index contributed by atoms with van der Waals surface area (Å²) in [5.41, 5.74) is 19.3. The highest BCUT2D eigenvalue weighted by Crippen LogP contribution is 2.32. The Balaban J connectivity index is 0.000000528. The van der Waals surface area contributed by atoms with Gasteiger partial charge >= 0.3 is 0 Å². The van der Waals surface area contributed by atoms with Crippen molar-refractivity contribution in [3.8, 4) is 6.07 Å². The van der Waals surface area contributed by atoms with Crippen molar-refractivity contribution in [1.82, 2.24) is 3.11 Å². The van der Waals surface area contributed by atoms with Crippen molar-refractivity contribution in [1.29, 1.82) is 5.26 Å². The average Bonchev–Trinajstić information content (AvgIpc) is 3.12. The van der Waals surface area contributed by atoms with Crippen LogP contribution in [0, 0.1) is 14.9 Å². The molecule has 38 heavy (non-hydrogen) atoms. The lowest BCUT2D eigenvalue weighted by atomic mass is 9.93. The van der Waals surface area contributed by atoms with Crippen molar-refractivity contribution in [2.45, 2.75) is 98.8 Å². The fraction of sp³-hybridized carbons (Fsp3) is 0.500. The molecular weight excluding hydrogens is 702 g/mol. The molecule has 1 aliphatic rings. The van der Waals surface area contributed by atoms with Gasteiger partial charge in [0.25, 0.3) is 0 Å². The molecule has 2 aromatic carbocycles. The molecule has 210 valence electrons. The maximum atomic E-state index is 10.5. The molecule has 0 aliphatic carbocycles. The molecule has 6 nitrogen and oxygen atoms in total. The van der Waals surface area contributed by atoms with Gasteiger partial charge in [-0.2, -0.15) is 5.26 Å². The van der Waals surface area contributed by atoms with Crippen LogP contribution in [0.15, 0.2) is 30.3 Å². The minimum absolute atomic E-state index is 0.0735. The van der Waals surface area contributed by atoms with E-state index < -0.39 is 0 Å². The molecule has 0 radical (unpaired) electrons. The van der Waals surface area contributed by atoms with Gasteiger partial charge in [-0.3, -0.25) is 9.59 Å². The monoisotopic (exact) mass is 746 g/mol. The highest BCUT2D eigenvalue weighted by molar-refractivity contribution is 14.1. The van der Waals surface area contributed by atoms with Crippen molar-refractivity contribution in [2.75, 3.05) is 11.5 Å². The van der Waals surface area contributed by atoms with Crippen LogP contribution in [0.5, 0.6) is 0 Å². The van der Waals surface area contributed by atoms with Crippen LogP contribution in [0.4, 0.5) is 11.4 Å². The zero-order valence-corrected chi connectivity index (χ0v) is 28.5. The molecule has 1 fully saturated rings. The number of nitrogen functional groups attached to an aromatic ring is 2. The lowest BCUT2D eigenvalue weighted by Crippen LogP contribution is -2.16. The molecule has 0 saturated carbocycles. The number of carbonyl (C=O) groups is 2. The number of anilines is 2. The number of benzene rings is 2. The van der Waals surface area contributed by atoms with E-state index in [4.69, 9.17) is 16.7 Å². The van der Waals surface area contributed by atoms with Crippen LogP contribution in [-0.4, -0.2) is 14.9 Å². The Kier molecular flexibility index (Phi) is 16.8. The second kappa shape index (κ2) is 17.7. The summed E-state index contributed by atoms with van der Waals surface area (Å²) in [6.45, 7) is 18.9. The summed E-state index contributed by atoms with van der Waals surface area (Å²) in [5, 5.41) is 7.32. The van der Waals surface area contributed by atoms with Gasteiger partial charge in [0.1, 0.15) is 0 Å². The van der Waals surface area contributed by atoms with Crippen LogP contribution in [0.2, 0.25) is 0 Å². The van der Waals surface area contributed by atoms with Crippen LogP contribution in [0.25, 0.3) is 0 Å². The van der Waals surface area contributed by atoms with Gasteiger partial charge in [0, 0.05) is 34.7 Å². The standard InChI is InChI=1S/C12H18IN.C12H19N.C4H4INO2.C2H3N/c1-7(2)10-5-9(13)6-11(8(3)4)12(10)14;1-8(2)10-6-5-7-11(9(3)4)12(10)13;5-6-3(7)1-2-4(6)8;1-2-3/h5-8H,14H2,1-4H3;5-9H,13H2,1-4H3;1-2H2;1H3. The third-order valence-corrected chi connectivity index (χ3v) is 7.56. The normalized spacial score (nSPS) is 12.5. The Morgan fingerprint density at radius 2 is 1.05 bits per heavy atom. The summed E-state index contributed by atoms with van der Waals surface area (Å²) in [4.78, 5) is 21.0. The van der Waals surface area contributed by atoms with E-state index in [2.05, 4.69) is 108 Å². The molecule has 0 aromatic heterocycles. The number of rotatable bonds is 4. The topological polar surface area (TPSA) is 113 Å². The van der Waals surface area contributed by atoms with Gasteiger partial charge in [0.05, 0.1) is 28.9 Å². The van der Waals surface area contributed by atoms with E-state index in [1.165, 1.54) is 32.7 Å². The summed E-state index contributed by atoms with van der Waals surface area (Å²) < 4.78 is 2.42. The molecule has 0 bridgehead atoms. The summed E-state index contributed by atoms with van der Waals surface area (Å²) in [5.74, 6) is 1.88. The van der Waals surface area contributed by atoms with E-state index >= 15 is 0 Å². The Morgan fingerprint density at radius 3 is 1.29 bits per heavy atom. The summed E-state index contributed by atoms with van der Waals surface area (Å²) >= 11 is 4.08. The molecule has 1 aliphatic heterocycles. The molecule has 1 heterocycles. The van der Waals surface area contributed by atoms with Gasteiger partial charge in [0.2, 0.25) is 11.8 Å². The van der Waals surface area contributed by atoms with Crippen LogP contribution in [0.3, 0.4) is 0 Å². The lowest BCUT2D eigenvalue weighted by Gasteiger charge is -2.16. The van der Waals surface area contributed by atoms with Crippen molar-refractivity contribution in [3.05, 3.63) is 56.2 Å². The number of halogens is 2. The number of nitriles is 1. The van der Waals surface area contributed by atoms with Gasteiger partial charge < -0.3 is 11.5 Å². The first-order valence-corrected chi connectivity index (χ1v) is 14.9. The zero-order valence-electron chi connectivity index (χ0n) is 24.2. The number of carbonyl (C=O) groups excluding carboxylic acids is 2. The lowest BCUT2D eigenvalue weighted by molar-refractivity contribution is -0.130. The number of para-hydroxylation sites is 1. The third-order valence-electron chi connectivity index (χ3n) is 5.86. The van der Waals surface area contributed by atoms with Crippen molar-refractivity contribution < 1.29 is 9.59 Å². The predicted octanol–water partition coefficient (Wildman–Crippen LogP) is 8.65. The number of nitrogens with two attached hydrogens (primary N) is 2. The van der Waals surface area contributed by atoms with E-state index in [1.54, 1.807) is 28.9 Å². The van der Waals surface area contributed by atoms with Crippen LogP contribution in [0.1, 0.15) is 121 Å². The maximum absolute atomic E-state index is 10.5. The average molecular weight is 747 g/mol. The predicted molar refractivity (Wildman–Crippen MR) is 177 cm³/mol. The molecule has 2 aromatic rings. The van der Waals surface area contributed by atoms with E-state index in [0.717, 1.165) is 14.5 Å². The zero-order chi connectivity index (χ0) is 29.7. The molecule has 4 N–H and O–H groups in total. The highest BCUT2D eigenvalue weighted by atomic mass is 127. The molecule has 8 heteroatoms. The minimum Gasteiger partial charge on any atom is -0.398 e. The molecule has 0 atom stereocenters. The largest absolute Gasteiger partial charge is 0.398 e. The first-order valence-electron chi connectivity index (χ1n) is 12.9. The molecule has 2 amide bonds. The van der Waals surface area contributed by atoms with Crippen LogP contribution in [-0.2, 0) is 9.59 Å². The van der Waals surface area contributed by atoms with E-state index in [9.17, 15) is 9.59 Å². The van der Waals surface area contributed by atoms with E-state index in [1.807, 2.05) is 0 Å². The van der Waals surface area contributed by atoms with E-state index in [0.29, 0.717) is 36.5 Å². The van der Waals surface area contributed by atoms with Gasteiger partial charge in [-0.05, 0) is 80.6 Å². The summed E-state index contributed by atoms with van der Waals surface area (Å²) in [7, 11) is 0. The number of hydrogen-bond donors (Lipinski definition) is 2. The molecule has 0 spiro atoms. The second-order valence-electron chi connectivity index (χ2n) is 10.3. The maximum Gasteiger partial charge on any atom is 0.238 e. The fourth-order valence-electron chi connectivity index (χ4n) is 3.77. The second-order valence-corrected chi connectivity index (χ2v) is 12.5. The van der Waals surface area contributed by atoms with Gasteiger partial charge in [-0.15, -0.1) is 0 Å². The van der Waals surface area contributed by atoms with Crippen molar-refractivity contribution in [3.63, 3.8) is 0 Å². The third kappa shape index (κ3) is 11.5. The Hall–Kier alpha value is -1.87. The fourth-order valence-corrected chi connectivity index (χ4v) is 4.93. The SMILES string of the molecule is CC#N.CC(C)c1cc(I)cc(C(C)C)c1N.CC(C)c1cccc(C(C)C)c1N.O=C1CCC(=O)N1I. The quantitative estimate of drug-likeness (QED) is 0.141. The molecular formula is C30H44I2N4O2. The van der Waals surface area contributed by atoms with Crippen LogP contribution >= 0.6 is 45.5 Å². The van der Waals surface area contributed by atoms with Crippen LogP contribution < -0.4 is 11.5 Å². The smallest absolute Gasteiger partial charge is 0.238 e. The van der Waals surface area contributed by atoms with E-state index in [-0.39, 0.29) is 11.8 Å². The number of nitrogens with zero attached hydrogens (tertiary/aromatic N) is 2. The van der Waals surface area contributed by atoms with Gasteiger partial charge in [-0.25, -0.2) is 3.11 Å². The van der Waals surface area contributed by atoms with Crippen molar-refractivity contribution >= 4 is 68.6 Å². The Morgan fingerprint density at radius 1 is 0.763 bits per heavy atom. The van der Waals surface area contributed by atoms with Crippen molar-refractivity contribution in [2.24, 2.45) is 0 Å². The molecule has 3 rings (SSSR count). The van der Waals surface area contributed by atoms with Gasteiger partial charge in [-0.1, -0.05) is 73.6 Å². The number of imide groups is 1. The Bertz CT molecular complexity index is 1030. The first kappa shape index (κ1) is 36.1. The molecule has 1 saturated heterocycles. The number of amides is 2. The van der Waals surface area contributed by atoms with Gasteiger partial charge in [0.15, 0.2) is 0 Å². The Labute approximate surface area is 257 Å². The minimum atomic E-state index is -0.0735. The first-order chi connectivity index (χ1) is 17.6. The summed E-state index contributed by atoms with van der Waals surface area (Å²) in [6.07, 6.45) is 0.781. The summed E-state index contributed by atoms with van der Waals surface area (Å²) in [6, 6.07) is 12.5. The highest BCUT2D eigenvalue weighted by Gasteiger charge is 2.26. The number of hydrogen-bond acceptors (Lipinski definition) is 5. The molecule has 0 unspecified atom stereocenters.